The molecule has 0 saturated carbocycles. The molecule has 0 amide bonds. The molecule has 178 valence electrons. The maximum Gasteiger partial charge on any atom is 0.123 e. The first kappa shape index (κ1) is 22.7. The number of aromatic hydroxyl groups is 1. The van der Waals surface area contributed by atoms with E-state index in [0.29, 0.717) is 12.4 Å². The normalized spacial score (nSPS) is 21.1. The van der Waals surface area contributed by atoms with Crippen LogP contribution in [0.25, 0.3) is 0 Å². The number of phenols is 1. The van der Waals surface area contributed by atoms with Gasteiger partial charge in [0, 0.05) is 25.3 Å². The quantitative estimate of drug-likeness (QED) is 0.559. The predicted molar refractivity (Wildman–Crippen MR) is 131 cm³/mol. The number of rotatable bonds is 6. The molecule has 0 bridgehead atoms. The van der Waals surface area contributed by atoms with Crippen molar-refractivity contribution in [1.82, 2.24) is 5.32 Å². The molecule has 0 aromatic heterocycles. The molecule has 2 aliphatic rings. The molecule has 34 heavy (non-hydrogen) atoms. The summed E-state index contributed by atoms with van der Waals surface area (Å²) in [5, 5.41) is 13.3. The van der Waals surface area contributed by atoms with Crippen LogP contribution in [0, 0.1) is 5.82 Å². The number of nitrogens with zero attached hydrogens (tertiary/aromatic N) is 1. The van der Waals surface area contributed by atoms with Gasteiger partial charge in [0.05, 0.1) is 12.6 Å². The zero-order valence-electron chi connectivity index (χ0n) is 19.4. The van der Waals surface area contributed by atoms with Gasteiger partial charge >= 0.3 is 0 Å². The number of nitrogens with one attached hydrogen (secondary N) is 1. The van der Waals surface area contributed by atoms with Gasteiger partial charge in [-0.25, -0.2) is 4.39 Å². The number of ether oxygens (including phenoxy) is 2. The SMILES string of the molecule is CC(Oc1ccc(CC2c3ccc(O)cc3CCN2c2ccc(F)cc2)cc1)C1CNCCO1. The molecular formula is C28H31FN2O3. The summed E-state index contributed by atoms with van der Waals surface area (Å²) >= 11 is 0. The van der Waals surface area contributed by atoms with Crippen molar-refractivity contribution in [2.45, 2.75) is 38.0 Å². The molecule has 3 aromatic rings. The first-order valence-corrected chi connectivity index (χ1v) is 12.0. The smallest absolute Gasteiger partial charge is 0.123 e. The van der Waals surface area contributed by atoms with Crippen LogP contribution in [0.5, 0.6) is 11.5 Å². The van der Waals surface area contributed by atoms with Crippen LogP contribution in [-0.4, -0.2) is 43.6 Å². The molecule has 1 saturated heterocycles. The van der Waals surface area contributed by atoms with Gasteiger partial charge in [-0.05, 0) is 85.0 Å². The van der Waals surface area contributed by atoms with Crippen molar-refractivity contribution in [2.75, 3.05) is 31.1 Å². The molecule has 3 unspecified atom stereocenters. The van der Waals surface area contributed by atoms with Crippen molar-refractivity contribution in [2.24, 2.45) is 0 Å². The molecule has 5 rings (SSSR count). The monoisotopic (exact) mass is 462 g/mol. The summed E-state index contributed by atoms with van der Waals surface area (Å²) in [7, 11) is 0. The first-order valence-electron chi connectivity index (χ1n) is 12.0. The lowest BCUT2D eigenvalue weighted by molar-refractivity contribution is -0.0350. The number of fused-ring (bicyclic) bond motifs is 1. The number of phenolic OH excluding ortho intramolecular Hbond substituents is 1. The van der Waals surface area contributed by atoms with Gasteiger partial charge in [0.25, 0.3) is 0 Å². The highest BCUT2D eigenvalue weighted by Crippen LogP contribution is 2.37. The van der Waals surface area contributed by atoms with E-state index in [-0.39, 0.29) is 24.1 Å². The van der Waals surface area contributed by atoms with Gasteiger partial charge in [-0.3, -0.25) is 0 Å². The number of benzene rings is 3. The average Bonchev–Trinajstić information content (AvgIpc) is 2.86. The van der Waals surface area contributed by atoms with Crippen LogP contribution < -0.4 is 15.0 Å². The fraction of sp³-hybridized carbons (Fsp3) is 0.357. The Hall–Kier alpha value is -3.09. The van der Waals surface area contributed by atoms with Crippen molar-refractivity contribution in [3.63, 3.8) is 0 Å². The van der Waals surface area contributed by atoms with Crippen LogP contribution in [-0.2, 0) is 17.6 Å². The molecule has 1 fully saturated rings. The highest BCUT2D eigenvalue weighted by molar-refractivity contribution is 5.53. The van der Waals surface area contributed by atoms with E-state index in [4.69, 9.17) is 9.47 Å². The van der Waals surface area contributed by atoms with Crippen molar-refractivity contribution in [3.8, 4) is 11.5 Å². The van der Waals surface area contributed by atoms with E-state index in [0.717, 1.165) is 43.9 Å². The number of anilines is 1. The largest absolute Gasteiger partial charge is 0.508 e. The lowest BCUT2D eigenvalue weighted by atomic mass is 9.88. The molecule has 2 heterocycles. The van der Waals surface area contributed by atoms with E-state index in [1.807, 2.05) is 43.3 Å². The van der Waals surface area contributed by atoms with E-state index in [1.165, 1.54) is 28.8 Å². The minimum absolute atomic E-state index is 0.0366. The van der Waals surface area contributed by atoms with Crippen LogP contribution in [0.4, 0.5) is 10.1 Å². The fourth-order valence-electron chi connectivity index (χ4n) is 4.97. The lowest BCUT2D eigenvalue weighted by Crippen LogP contribution is -2.46. The van der Waals surface area contributed by atoms with Crippen LogP contribution in [0.3, 0.4) is 0 Å². The summed E-state index contributed by atoms with van der Waals surface area (Å²) in [5.41, 5.74) is 4.55. The Bertz CT molecular complexity index is 1100. The van der Waals surface area contributed by atoms with Crippen LogP contribution >= 0.6 is 0 Å². The number of hydrogen-bond donors (Lipinski definition) is 2. The Morgan fingerprint density at radius 2 is 1.91 bits per heavy atom. The molecule has 3 atom stereocenters. The lowest BCUT2D eigenvalue weighted by Gasteiger charge is -2.39. The second-order valence-electron chi connectivity index (χ2n) is 9.10. The van der Waals surface area contributed by atoms with E-state index in [2.05, 4.69) is 22.3 Å². The van der Waals surface area contributed by atoms with Gasteiger partial charge < -0.3 is 24.8 Å². The van der Waals surface area contributed by atoms with Gasteiger partial charge in [0.15, 0.2) is 0 Å². The van der Waals surface area contributed by atoms with Crippen molar-refractivity contribution in [1.29, 1.82) is 0 Å². The van der Waals surface area contributed by atoms with E-state index < -0.39 is 0 Å². The topological polar surface area (TPSA) is 54.0 Å². The number of morpholine rings is 1. The number of halogens is 1. The van der Waals surface area contributed by atoms with Gasteiger partial charge in [0.2, 0.25) is 0 Å². The second kappa shape index (κ2) is 10.0. The van der Waals surface area contributed by atoms with E-state index >= 15 is 0 Å². The Morgan fingerprint density at radius 3 is 2.65 bits per heavy atom. The summed E-state index contributed by atoms with van der Waals surface area (Å²) in [6.45, 7) is 5.25. The molecule has 0 aliphatic carbocycles. The summed E-state index contributed by atoms with van der Waals surface area (Å²) < 4.78 is 25.5. The third kappa shape index (κ3) is 5.03. The third-order valence-corrected chi connectivity index (χ3v) is 6.80. The zero-order valence-corrected chi connectivity index (χ0v) is 19.4. The molecule has 0 spiro atoms. The van der Waals surface area contributed by atoms with Gasteiger partial charge in [-0.15, -0.1) is 0 Å². The van der Waals surface area contributed by atoms with Crippen molar-refractivity contribution >= 4 is 5.69 Å². The molecule has 0 radical (unpaired) electrons. The second-order valence-corrected chi connectivity index (χ2v) is 9.10. The standard InChI is InChI=1S/C28H31FN2O3/c1-19(28-18-30-13-15-33-28)34-25-9-2-20(3-10-25)16-27-26-11-8-24(32)17-21(26)12-14-31(27)23-6-4-22(29)5-7-23/h2-11,17,19,27-28,30,32H,12-16,18H2,1H3. The molecule has 3 aromatic carbocycles. The predicted octanol–water partition coefficient (Wildman–Crippen LogP) is 4.63. The molecule has 5 nitrogen and oxygen atoms in total. The molecule has 2 N–H and O–H groups in total. The van der Waals surface area contributed by atoms with E-state index in [1.54, 1.807) is 6.07 Å². The Balaban J connectivity index is 1.35. The molecular weight excluding hydrogens is 431 g/mol. The van der Waals surface area contributed by atoms with Crippen molar-refractivity contribution in [3.05, 3.63) is 89.2 Å². The van der Waals surface area contributed by atoms with Crippen LogP contribution in [0.15, 0.2) is 66.7 Å². The molecule has 6 heteroatoms. The maximum atomic E-state index is 13.6. The van der Waals surface area contributed by atoms with Gasteiger partial charge in [0.1, 0.15) is 29.5 Å². The maximum absolute atomic E-state index is 13.6. The Morgan fingerprint density at radius 1 is 1.12 bits per heavy atom. The zero-order chi connectivity index (χ0) is 23.5. The van der Waals surface area contributed by atoms with Gasteiger partial charge in [-0.1, -0.05) is 18.2 Å². The summed E-state index contributed by atoms with van der Waals surface area (Å²) in [4.78, 5) is 2.33. The minimum atomic E-state index is -0.234. The van der Waals surface area contributed by atoms with Gasteiger partial charge in [-0.2, -0.15) is 0 Å². The summed E-state index contributed by atoms with van der Waals surface area (Å²) in [6, 6.07) is 20.7. The summed E-state index contributed by atoms with van der Waals surface area (Å²) in [5.74, 6) is 0.886. The Kier molecular flexibility index (Phi) is 6.70. The summed E-state index contributed by atoms with van der Waals surface area (Å²) in [6.07, 6.45) is 1.64. The minimum Gasteiger partial charge on any atom is -0.508 e. The van der Waals surface area contributed by atoms with Crippen molar-refractivity contribution < 1.29 is 19.0 Å². The fourth-order valence-corrected chi connectivity index (χ4v) is 4.97. The number of hydrogen-bond acceptors (Lipinski definition) is 5. The Labute approximate surface area is 200 Å². The highest BCUT2D eigenvalue weighted by atomic mass is 19.1. The average molecular weight is 463 g/mol. The first-order chi connectivity index (χ1) is 16.6. The van der Waals surface area contributed by atoms with Crippen LogP contribution in [0.1, 0.15) is 29.7 Å². The highest BCUT2D eigenvalue weighted by Gasteiger charge is 2.28. The molecule has 2 aliphatic heterocycles. The van der Waals surface area contributed by atoms with Crippen LogP contribution in [0.2, 0.25) is 0 Å². The third-order valence-electron chi connectivity index (χ3n) is 6.80. The van der Waals surface area contributed by atoms with E-state index in [9.17, 15) is 9.50 Å².